The monoisotopic (exact) mass is 281 g/mol. The van der Waals surface area contributed by atoms with Crippen molar-refractivity contribution in [3.8, 4) is 0 Å². The number of carbonyl (C=O) groups excluding carboxylic acids is 1. The van der Waals surface area contributed by atoms with E-state index >= 15 is 0 Å². The largest absolute Gasteiger partial charge is 0.378 e. The van der Waals surface area contributed by atoms with Crippen molar-refractivity contribution in [1.29, 1.82) is 0 Å². The van der Waals surface area contributed by atoms with E-state index in [0.717, 1.165) is 12.1 Å². The van der Waals surface area contributed by atoms with E-state index in [1.165, 1.54) is 6.07 Å². The van der Waals surface area contributed by atoms with Gasteiger partial charge in [0.15, 0.2) is 5.78 Å². The zero-order chi connectivity index (χ0) is 14.3. The molecule has 108 valence electrons. The Labute approximate surface area is 116 Å². The van der Waals surface area contributed by atoms with Gasteiger partial charge in [-0.05, 0) is 32.0 Å². The van der Waals surface area contributed by atoms with Crippen LogP contribution in [-0.4, -0.2) is 43.0 Å². The van der Waals surface area contributed by atoms with Crippen LogP contribution in [0.1, 0.15) is 23.2 Å². The molecule has 2 unspecified atom stereocenters. The maximum Gasteiger partial charge on any atom is 0.169 e. The molecule has 0 aliphatic carbocycles. The van der Waals surface area contributed by atoms with Crippen molar-refractivity contribution in [2.45, 2.75) is 24.9 Å². The smallest absolute Gasteiger partial charge is 0.169 e. The van der Waals surface area contributed by atoms with Gasteiger partial charge in [-0.3, -0.25) is 9.69 Å². The summed E-state index contributed by atoms with van der Waals surface area (Å²) in [6.07, 6.45) is 1.34. The minimum absolute atomic E-state index is 0.0000510. The molecule has 5 heteroatoms. The second-order valence-electron chi connectivity index (χ2n) is 5.67. The van der Waals surface area contributed by atoms with E-state index in [1.807, 2.05) is 7.05 Å². The van der Waals surface area contributed by atoms with Gasteiger partial charge in [0.1, 0.15) is 11.6 Å². The van der Waals surface area contributed by atoms with Crippen LogP contribution in [0.4, 0.5) is 8.78 Å². The lowest BCUT2D eigenvalue weighted by atomic mass is 9.81. The van der Waals surface area contributed by atoms with Gasteiger partial charge in [-0.15, -0.1) is 0 Å². The number of fused-ring (bicyclic) bond motifs is 2. The molecule has 0 amide bonds. The molecule has 2 fully saturated rings. The van der Waals surface area contributed by atoms with Crippen molar-refractivity contribution in [2.75, 3.05) is 20.3 Å². The van der Waals surface area contributed by atoms with Crippen LogP contribution >= 0.6 is 0 Å². The summed E-state index contributed by atoms with van der Waals surface area (Å²) in [7, 11) is 2.04. The van der Waals surface area contributed by atoms with Crippen molar-refractivity contribution in [1.82, 2.24) is 4.90 Å². The molecule has 0 spiro atoms. The van der Waals surface area contributed by atoms with Crippen molar-refractivity contribution in [2.24, 2.45) is 5.92 Å². The standard InChI is InChI=1S/C15H17F2NO2/c1-18-11-4-9(5-12(18)8-20-7-11)15(19)13-3-2-10(16)6-14(13)17/h2-3,6,9,11-12H,4-5,7-8H2,1H3. The highest BCUT2D eigenvalue weighted by molar-refractivity contribution is 5.98. The van der Waals surface area contributed by atoms with Gasteiger partial charge in [0, 0.05) is 24.1 Å². The second-order valence-corrected chi connectivity index (χ2v) is 5.67. The van der Waals surface area contributed by atoms with Crippen molar-refractivity contribution in [3.63, 3.8) is 0 Å². The Balaban J connectivity index is 1.81. The molecule has 0 N–H and O–H groups in total. The van der Waals surface area contributed by atoms with Gasteiger partial charge < -0.3 is 4.74 Å². The molecule has 2 aliphatic rings. The quantitative estimate of drug-likeness (QED) is 0.779. The lowest BCUT2D eigenvalue weighted by molar-refractivity contribution is -0.0702. The first-order valence-corrected chi connectivity index (χ1v) is 6.85. The van der Waals surface area contributed by atoms with Crippen LogP contribution in [0.15, 0.2) is 18.2 Å². The second kappa shape index (κ2) is 5.22. The fourth-order valence-corrected chi connectivity index (χ4v) is 3.22. The molecule has 3 nitrogen and oxygen atoms in total. The first-order valence-electron chi connectivity index (χ1n) is 6.85. The zero-order valence-electron chi connectivity index (χ0n) is 11.3. The molecule has 0 saturated carbocycles. The molecule has 2 atom stereocenters. The van der Waals surface area contributed by atoms with Crippen LogP contribution in [0.5, 0.6) is 0 Å². The number of hydrogen-bond donors (Lipinski definition) is 0. The number of morpholine rings is 1. The van der Waals surface area contributed by atoms with E-state index < -0.39 is 11.6 Å². The van der Waals surface area contributed by atoms with Crippen molar-refractivity contribution < 1.29 is 18.3 Å². The van der Waals surface area contributed by atoms with E-state index in [4.69, 9.17) is 4.74 Å². The SMILES string of the molecule is CN1C2COCC1CC(C(=O)c1ccc(F)cc1F)C2. The zero-order valence-corrected chi connectivity index (χ0v) is 11.3. The lowest BCUT2D eigenvalue weighted by Gasteiger charge is -2.46. The van der Waals surface area contributed by atoms with Gasteiger partial charge in [0.05, 0.1) is 18.8 Å². The molecule has 20 heavy (non-hydrogen) atoms. The number of ether oxygens (including phenoxy) is 1. The summed E-state index contributed by atoms with van der Waals surface area (Å²) < 4.78 is 32.1. The Morgan fingerprint density at radius 3 is 2.50 bits per heavy atom. The Hall–Kier alpha value is -1.33. The fraction of sp³-hybridized carbons (Fsp3) is 0.533. The number of nitrogens with zero attached hydrogens (tertiary/aromatic N) is 1. The molecule has 0 aromatic heterocycles. The summed E-state index contributed by atoms with van der Waals surface area (Å²) in [6, 6.07) is 3.57. The maximum absolute atomic E-state index is 13.7. The molecular weight excluding hydrogens is 264 g/mol. The number of hydrogen-bond acceptors (Lipinski definition) is 3. The Morgan fingerprint density at radius 2 is 1.90 bits per heavy atom. The highest BCUT2D eigenvalue weighted by Gasteiger charge is 2.40. The summed E-state index contributed by atoms with van der Waals surface area (Å²) >= 11 is 0. The molecule has 0 radical (unpaired) electrons. The Kier molecular flexibility index (Phi) is 3.56. The summed E-state index contributed by atoms with van der Waals surface area (Å²) in [5, 5.41) is 0. The molecular formula is C15H17F2NO2. The molecule has 1 aromatic carbocycles. The average Bonchev–Trinajstić information content (AvgIpc) is 2.37. The topological polar surface area (TPSA) is 29.5 Å². The van der Waals surface area contributed by atoms with E-state index in [-0.39, 0.29) is 29.3 Å². The summed E-state index contributed by atoms with van der Waals surface area (Å²) in [5.74, 6) is -1.85. The van der Waals surface area contributed by atoms with Gasteiger partial charge in [0.25, 0.3) is 0 Å². The fourth-order valence-electron chi connectivity index (χ4n) is 3.22. The normalized spacial score (nSPS) is 30.2. The molecule has 2 bridgehead atoms. The number of piperidine rings is 1. The minimum atomic E-state index is -0.768. The van der Waals surface area contributed by atoms with E-state index in [2.05, 4.69) is 4.90 Å². The molecule has 2 saturated heterocycles. The van der Waals surface area contributed by atoms with E-state index in [1.54, 1.807) is 0 Å². The predicted molar refractivity (Wildman–Crippen MR) is 69.6 cm³/mol. The number of benzene rings is 1. The van der Waals surface area contributed by atoms with Crippen molar-refractivity contribution in [3.05, 3.63) is 35.4 Å². The highest BCUT2D eigenvalue weighted by atomic mass is 19.1. The van der Waals surface area contributed by atoms with Crippen LogP contribution in [0, 0.1) is 17.6 Å². The molecule has 2 aliphatic heterocycles. The Bertz CT molecular complexity index is 521. The van der Waals surface area contributed by atoms with Crippen LogP contribution in [0.25, 0.3) is 0 Å². The molecule has 3 rings (SSSR count). The number of Topliss-reactive ketones (excluding diaryl/α,β-unsaturated/α-hetero) is 1. The van der Waals surface area contributed by atoms with Crippen molar-refractivity contribution >= 4 is 5.78 Å². The number of likely N-dealkylation sites (N-methyl/N-ethyl adjacent to an activating group) is 1. The lowest BCUT2D eigenvalue weighted by Crippen LogP contribution is -2.55. The van der Waals surface area contributed by atoms with E-state index in [0.29, 0.717) is 26.1 Å². The first kappa shape index (κ1) is 13.6. The van der Waals surface area contributed by atoms with Gasteiger partial charge in [-0.25, -0.2) is 8.78 Å². The third-order valence-corrected chi connectivity index (χ3v) is 4.45. The number of rotatable bonds is 2. The van der Waals surface area contributed by atoms with E-state index in [9.17, 15) is 13.6 Å². The van der Waals surface area contributed by atoms with Gasteiger partial charge in [0.2, 0.25) is 0 Å². The average molecular weight is 281 g/mol. The molecule has 2 heterocycles. The minimum Gasteiger partial charge on any atom is -0.378 e. The third-order valence-electron chi connectivity index (χ3n) is 4.45. The molecule has 1 aromatic rings. The van der Waals surface area contributed by atoms with Crippen LogP contribution in [0.2, 0.25) is 0 Å². The van der Waals surface area contributed by atoms with Crippen LogP contribution < -0.4 is 0 Å². The summed E-state index contributed by atoms with van der Waals surface area (Å²) in [4.78, 5) is 14.7. The highest BCUT2D eigenvalue weighted by Crippen LogP contribution is 2.32. The van der Waals surface area contributed by atoms with Gasteiger partial charge in [-0.2, -0.15) is 0 Å². The summed E-state index contributed by atoms with van der Waals surface area (Å²) in [6.45, 7) is 1.23. The predicted octanol–water partition coefficient (Wildman–Crippen LogP) is 2.26. The third kappa shape index (κ3) is 2.36. The number of halogens is 2. The van der Waals surface area contributed by atoms with Gasteiger partial charge >= 0.3 is 0 Å². The van der Waals surface area contributed by atoms with Crippen LogP contribution in [-0.2, 0) is 4.74 Å². The number of ketones is 1. The Morgan fingerprint density at radius 1 is 1.25 bits per heavy atom. The summed E-state index contributed by atoms with van der Waals surface area (Å²) in [5.41, 5.74) is -0.0000510. The maximum atomic E-state index is 13.7. The van der Waals surface area contributed by atoms with Gasteiger partial charge in [-0.1, -0.05) is 0 Å². The first-order chi connectivity index (χ1) is 9.56. The van der Waals surface area contributed by atoms with Crippen LogP contribution in [0.3, 0.4) is 0 Å². The number of carbonyl (C=O) groups is 1.